The minimum atomic E-state index is -3.64. The van der Waals surface area contributed by atoms with E-state index in [1.54, 1.807) is 0 Å². The number of carbonyl (C=O) groups excluding carboxylic acids is 1. The standard InChI is InChI=1S/C11H15NO4S/c1-11(2,14)8-12-17(15,16)10-5-3-9(7-13)4-6-10/h3-7,12,14H,8H2,1-2H3. The van der Waals surface area contributed by atoms with Gasteiger partial charge in [-0.2, -0.15) is 0 Å². The maximum atomic E-state index is 11.8. The summed E-state index contributed by atoms with van der Waals surface area (Å²) in [5.74, 6) is 0. The van der Waals surface area contributed by atoms with Gasteiger partial charge >= 0.3 is 0 Å². The molecule has 6 heteroatoms. The van der Waals surface area contributed by atoms with Crippen molar-refractivity contribution < 1.29 is 18.3 Å². The lowest BCUT2D eigenvalue weighted by Crippen LogP contribution is -2.38. The molecule has 0 aromatic heterocycles. The summed E-state index contributed by atoms with van der Waals surface area (Å²) >= 11 is 0. The fourth-order valence-electron chi connectivity index (χ4n) is 1.08. The molecule has 1 aromatic rings. The monoisotopic (exact) mass is 257 g/mol. The minimum absolute atomic E-state index is 0.0624. The quantitative estimate of drug-likeness (QED) is 0.754. The van der Waals surface area contributed by atoms with Gasteiger partial charge in [-0.15, -0.1) is 0 Å². The van der Waals surface area contributed by atoms with Gasteiger partial charge in [0, 0.05) is 12.1 Å². The first kappa shape index (κ1) is 13.8. The molecule has 0 atom stereocenters. The molecule has 1 aromatic carbocycles. The SMILES string of the molecule is CC(C)(O)CNS(=O)(=O)c1ccc(C=O)cc1. The lowest BCUT2D eigenvalue weighted by atomic mass is 10.1. The maximum Gasteiger partial charge on any atom is 0.240 e. The highest BCUT2D eigenvalue weighted by Gasteiger charge is 2.19. The number of rotatable bonds is 5. The zero-order valence-electron chi connectivity index (χ0n) is 9.67. The van der Waals surface area contributed by atoms with E-state index >= 15 is 0 Å². The van der Waals surface area contributed by atoms with Gasteiger partial charge in [-0.25, -0.2) is 13.1 Å². The second-order valence-corrected chi connectivity index (χ2v) is 6.09. The Balaban J connectivity index is 2.86. The van der Waals surface area contributed by atoms with E-state index in [-0.39, 0.29) is 11.4 Å². The van der Waals surface area contributed by atoms with Crippen LogP contribution in [0.15, 0.2) is 29.2 Å². The van der Waals surface area contributed by atoms with Crippen LogP contribution in [0.1, 0.15) is 24.2 Å². The molecule has 0 heterocycles. The molecule has 0 saturated carbocycles. The molecule has 0 bridgehead atoms. The Morgan fingerprint density at radius 3 is 2.24 bits per heavy atom. The molecular weight excluding hydrogens is 242 g/mol. The Kier molecular flexibility index (Phi) is 4.03. The van der Waals surface area contributed by atoms with Crippen molar-refractivity contribution in [3.8, 4) is 0 Å². The molecule has 0 aliphatic rings. The van der Waals surface area contributed by atoms with Gasteiger partial charge in [-0.3, -0.25) is 4.79 Å². The first-order chi connectivity index (χ1) is 7.74. The van der Waals surface area contributed by atoms with Gasteiger partial charge in [0.1, 0.15) is 6.29 Å². The number of carbonyl (C=O) groups is 1. The summed E-state index contributed by atoms with van der Waals surface area (Å²) in [7, 11) is -3.64. The summed E-state index contributed by atoms with van der Waals surface area (Å²) in [6.07, 6.45) is 0.640. The van der Waals surface area contributed by atoms with E-state index in [4.69, 9.17) is 0 Å². The van der Waals surface area contributed by atoms with Crippen LogP contribution in [0.25, 0.3) is 0 Å². The Hall–Kier alpha value is -1.24. The highest BCUT2D eigenvalue weighted by molar-refractivity contribution is 7.89. The molecule has 2 N–H and O–H groups in total. The summed E-state index contributed by atoms with van der Waals surface area (Å²) in [6.45, 7) is 2.93. The van der Waals surface area contributed by atoms with Gasteiger partial charge in [0.05, 0.1) is 10.5 Å². The molecule has 17 heavy (non-hydrogen) atoms. The molecule has 94 valence electrons. The van der Waals surface area contributed by atoms with E-state index in [0.717, 1.165) is 0 Å². The van der Waals surface area contributed by atoms with Crippen molar-refractivity contribution in [1.29, 1.82) is 0 Å². The molecule has 0 radical (unpaired) electrons. The lowest BCUT2D eigenvalue weighted by molar-refractivity contribution is 0.0857. The molecule has 0 amide bonds. The summed E-state index contributed by atoms with van der Waals surface area (Å²) < 4.78 is 25.8. The number of sulfonamides is 1. The zero-order valence-corrected chi connectivity index (χ0v) is 10.5. The van der Waals surface area contributed by atoms with Gasteiger partial charge in [0.15, 0.2) is 0 Å². The molecule has 5 nitrogen and oxygen atoms in total. The normalized spacial score (nSPS) is 12.4. The van der Waals surface area contributed by atoms with Gasteiger partial charge in [0.2, 0.25) is 10.0 Å². The van der Waals surface area contributed by atoms with E-state index in [2.05, 4.69) is 4.72 Å². The van der Waals surface area contributed by atoms with Crippen molar-refractivity contribution in [1.82, 2.24) is 4.72 Å². The maximum absolute atomic E-state index is 11.8. The highest BCUT2D eigenvalue weighted by Crippen LogP contribution is 2.10. The van der Waals surface area contributed by atoms with E-state index in [0.29, 0.717) is 11.8 Å². The number of nitrogens with one attached hydrogen (secondary N) is 1. The van der Waals surface area contributed by atoms with E-state index in [1.807, 2.05) is 0 Å². The van der Waals surface area contributed by atoms with Gasteiger partial charge in [0.25, 0.3) is 0 Å². The molecule has 1 rings (SSSR count). The average Bonchev–Trinajstić information content (AvgIpc) is 2.26. The lowest BCUT2D eigenvalue weighted by Gasteiger charge is -2.17. The number of hydrogen-bond donors (Lipinski definition) is 2. The van der Waals surface area contributed by atoms with Crippen LogP contribution >= 0.6 is 0 Å². The van der Waals surface area contributed by atoms with Crippen LogP contribution in [0, 0.1) is 0 Å². The van der Waals surface area contributed by atoms with Crippen LogP contribution in [-0.2, 0) is 10.0 Å². The van der Waals surface area contributed by atoms with Crippen molar-refractivity contribution in [3.63, 3.8) is 0 Å². The van der Waals surface area contributed by atoms with Gasteiger partial charge < -0.3 is 5.11 Å². The minimum Gasteiger partial charge on any atom is -0.389 e. The molecule has 0 spiro atoms. The van der Waals surface area contributed by atoms with Crippen molar-refractivity contribution in [2.45, 2.75) is 24.3 Å². The van der Waals surface area contributed by atoms with E-state index in [1.165, 1.54) is 38.1 Å². The van der Waals surface area contributed by atoms with Crippen LogP contribution in [0.3, 0.4) is 0 Å². The molecular formula is C11H15NO4S. The third kappa shape index (κ3) is 4.26. The van der Waals surface area contributed by atoms with Crippen LogP contribution in [0.2, 0.25) is 0 Å². The molecule has 0 fully saturated rings. The number of aliphatic hydroxyl groups is 1. The molecule has 0 saturated heterocycles. The van der Waals surface area contributed by atoms with Crippen LogP contribution in [-0.4, -0.2) is 32.0 Å². The zero-order chi connectivity index (χ0) is 13.1. The summed E-state index contributed by atoms with van der Waals surface area (Å²) in [5, 5.41) is 9.44. The van der Waals surface area contributed by atoms with Gasteiger partial charge in [-0.05, 0) is 26.0 Å². The smallest absolute Gasteiger partial charge is 0.240 e. The van der Waals surface area contributed by atoms with E-state index in [9.17, 15) is 18.3 Å². The Labute approximate surface area is 101 Å². The molecule has 0 unspecified atom stereocenters. The fourth-order valence-corrected chi connectivity index (χ4v) is 2.28. The fraction of sp³-hybridized carbons (Fsp3) is 0.364. The van der Waals surface area contributed by atoms with E-state index < -0.39 is 15.6 Å². The first-order valence-electron chi connectivity index (χ1n) is 5.02. The van der Waals surface area contributed by atoms with Crippen molar-refractivity contribution >= 4 is 16.3 Å². The predicted molar refractivity (Wildman–Crippen MR) is 63.3 cm³/mol. The second-order valence-electron chi connectivity index (χ2n) is 4.32. The summed E-state index contributed by atoms with van der Waals surface area (Å²) in [4.78, 5) is 10.5. The first-order valence-corrected chi connectivity index (χ1v) is 6.50. The van der Waals surface area contributed by atoms with Gasteiger partial charge in [-0.1, -0.05) is 12.1 Å². The van der Waals surface area contributed by atoms with Crippen LogP contribution in [0.4, 0.5) is 0 Å². The van der Waals surface area contributed by atoms with Crippen molar-refractivity contribution in [3.05, 3.63) is 29.8 Å². The number of aldehydes is 1. The van der Waals surface area contributed by atoms with Crippen LogP contribution < -0.4 is 4.72 Å². The second kappa shape index (κ2) is 4.95. The third-order valence-electron chi connectivity index (χ3n) is 2.02. The summed E-state index contributed by atoms with van der Waals surface area (Å²) in [6, 6.07) is 5.53. The molecule has 0 aliphatic heterocycles. The van der Waals surface area contributed by atoms with Crippen molar-refractivity contribution in [2.75, 3.05) is 6.54 Å². The number of benzene rings is 1. The topological polar surface area (TPSA) is 83.5 Å². The Morgan fingerprint density at radius 1 is 1.29 bits per heavy atom. The summed E-state index contributed by atoms with van der Waals surface area (Å²) in [5.41, 5.74) is -0.707. The number of hydrogen-bond acceptors (Lipinski definition) is 4. The highest BCUT2D eigenvalue weighted by atomic mass is 32.2. The predicted octanol–water partition coefficient (Wildman–Crippen LogP) is 0.548. The average molecular weight is 257 g/mol. The Morgan fingerprint density at radius 2 is 1.82 bits per heavy atom. The Bertz CT molecular complexity index is 485. The third-order valence-corrected chi connectivity index (χ3v) is 3.44. The molecule has 0 aliphatic carbocycles. The van der Waals surface area contributed by atoms with Crippen molar-refractivity contribution in [2.24, 2.45) is 0 Å². The van der Waals surface area contributed by atoms with Crippen LogP contribution in [0.5, 0.6) is 0 Å². The largest absolute Gasteiger partial charge is 0.389 e.